The van der Waals surface area contributed by atoms with Crippen LogP contribution in [0, 0.1) is 0 Å². The fraction of sp³-hybridized carbons (Fsp3) is 0.818. The Balaban J connectivity index is 2.53. The van der Waals surface area contributed by atoms with Crippen molar-refractivity contribution >= 4 is 11.9 Å². The fourth-order valence-corrected chi connectivity index (χ4v) is 2.15. The maximum absolute atomic E-state index is 11.1. The van der Waals surface area contributed by atoms with Gasteiger partial charge in [0.1, 0.15) is 6.04 Å². The second-order valence-electron chi connectivity index (χ2n) is 4.31. The van der Waals surface area contributed by atoms with E-state index in [1.54, 1.807) is 0 Å². The Kier molecular flexibility index (Phi) is 5.25. The lowest BCUT2D eigenvalue weighted by molar-refractivity contribution is -0.143. The normalized spacial score (nSPS) is 20.0. The predicted molar refractivity (Wildman–Crippen MR) is 59.9 cm³/mol. The van der Waals surface area contributed by atoms with Crippen molar-refractivity contribution in [3.05, 3.63) is 0 Å². The molecule has 1 heterocycles. The van der Waals surface area contributed by atoms with Gasteiger partial charge in [-0.3, -0.25) is 14.5 Å². The molecule has 0 aromatic carbocycles. The second-order valence-corrected chi connectivity index (χ2v) is 4.31. The molecular formula is C11H20N2O3. The molecular weight excluding hydrogens is 208 g/mol. The average Bonchev–Trinajstić information content (AvgIpc) is 2.45. The Morgan fingerprint density at radius 2 is 1.75 bits per heavy atom. The van der Waals surface area contributed by atoms with E-state index in [2.05, 4.69) is 0 Å². The molecule has 0 aromatic rings. The number of carboxylic acid groups (broad SMARTS) is 1. The molecule has 0 saturated carbocycles. The van der Waals surface area contributed by atoms with Gasteiger partial charge in [-0.2, -0.15) is 0 Å². The van der Waals surface area contributed by atoms with Crippen LogP contribution in [-0.2, 0) is 9.59 Å². The van der Waals surface area contributed by atoms with Crippen LogP contribution in [0.4, 0.5) is 0 Å². The van der Waals surface area contributed by atoms with Gasteiger partial charge in [-0.25, -0.2) is 0 Å². The third-order valence-corrected chi connectivity index (χ3v) is 3.03. The van der Waals surface area contributed by atoms with Gasteiger partial charge in [-0.05, 0) is 32.4 Å². The van der Waals surface area contributed by atoms with E-state index in [0.29, 0.717) is 6.42 Å². The van der Waals surface area contributed by atoms with Crippen LogP contribution in [0.3, 0.4) is 0 Å². The number of hydrogen-bond donors (Lipinski definition) is 2. The van der Waals surface area contributed by atoms with Gasteiger partial charge in [0.05, 0.1) is 0 Å². The lowest BCUT2D eigenvalue weighted by Crippen LogP contribution is -2.42. The number of hydrogen-bond acceptors (Lipinski definition) is 3. The van der Waals surface area contributed by atoms with Gasteiger partial charge >= 0.3 is 5.97 Å². The second kappa shape index (κ2) is 6.48. The summed E-state index contributed by atoms with van der Waals surface area (Å²) in [5, 5.41) is 9.14. The zero-order valence-corrected chi connectivity index (χ0v) is 9.52. The number of nitrogens with two attached hydrogens (primary N) is 1. The first-order chi connectivity index (χ1) is 7.61. The minimum absolute atomic E-state index is 0.146. The van der Waals surface area contributed by atoms with Gasteiger partial charge in [0.15, 0.2) is 0 Å². The van der Waals surface area contributed by atoms with Gasteiger partial charge in [0.25, 0.3) is 0 Å². The molecule has 0 aliphatic carbocycles. The van der Waals surface area contributed by atoms with Crippen LogP contribution in [0.15, 0.2) is 0 Å². The molecule has 1 rings (SSSR count). The van der Waals surface area contributed by atoms with E-state index in [9.17, 15) is 9.59 Å². The Hall–Kier alpha value is -1.10. The highest BCUT2D eigenvalue weighted by molar-refractivity contribution is 5.77. The van der Waals surface area contributed by atoms with E-state index in [4.69, 9.17) is 10.8 Å². The summed E-state index contributed by atoms with van der Waals surface area (Å²) < 4.78 is 0. The average molecular weight is 228 g/mol. The first-order valence-electron chi connectivity index (χ1n) is 5.86. The summed E-state index contributed by atoms with van der Waals surface area (Å²) in [5.74, 6) is -1.27. The number of primary amides is 1. The molecule has 1 amide bonds. The summed E-state index contributed by atoms with van der Waals surface area (Å²) in [6, 6.07) is -0.550. The zero-order chi connectivity index (χ0) is 12.0. The van der Waals surface area contributed by atoms with E-state index >= 15 is 0 Å². The van der Waals surface area contributed by atoms with Crippen molar-refractivity contribution in [3.63, 3.8) is 0 Å². The molecule has 0 spiro atoms. The number of amides is 1. The lowest BCUT2D eigenvalue weighted by atomic mass is 10.1. The fourth-order valence-electron chi connectivity index (χ4n) is 2.15. The van der Waals surface area contributed by atoms with Crippen LogP contribution < -0.4 is 5.73 Å². The van der Waals surface area contributed by atoms with Crippen molar-refractivity contribution in [1.29, 1.82) is 0 Å². The van der Waals surface area contributed by atoms with Gasteiger partial charge in [-0.15, -0.1) is 0 Å². The minimum Gasteiger partial charge on any atom is -0.480 e. The van der Waals surface area contributed by atoms with Gasteiger partial charge in [0, 0.05) is 6.42 Å². The molecule has 1 fully saturated rings. The highest BCUT2D eigenvalue weighted by Crippen LogP contribution is 2.15. The summed E-state index contributed by atoms with van der Waals surface area (Å²) in [6.45, 7) is 1.63. The van der Waals surface area contributed by atoms with Crippen LogP contribution >= 0.6 is 0 Å². The van der Waals surface area contributed by atoms with E-state index in [1.165, 1.54) is 12.8 Å². The summed E-state index contributed by atoms with van der Waals surface area (Å²) in [4.78, 5) is 23.8. The van der Waals surface area contributed by atoms with E-state index < -0.39 is 17.9 Å². The molecule has 16 heavy (non-hydrogen) atoms. The molecule has 5 nitrogen and oxygen atoms in total. The first kappa shape index (κ1) is 13.0. The van der Waals surface area contributed by atoms with Crippen LogP contribution in [0.2, 0.25) is 0 Å². The molecule has 0 aromatic heterocycles. The van der Waals surface area contributed by atoms with E-state index in [-0.39, 0.29) is 6.42 Å². The maximum Gasteiger partial charge on any atom is 0.320 e. The van der Waals surface area contributed by atoms with Crippen molar-refractivity contribution in [2.24, 2.45) is 5.73 Å². The highest BCUT2D eigenvalue weighted by Gasteiger charge is 2.26. The van der Waals surface area contributed by atoms with Crippen LogP contribution in [0.5, 0.6) is 0 Å². The maximum atomic E-state index is 11.1. The van der Waals surface area contributed by atoms with Crippen molar-refractivity contribution in [3.8, 4) is 0 Å². The quantitative estimate of drug-likeness (QED) is 0.721. The number of carboxylic acids is 1. The molecule has 1 aliphatic rings. The summed E-state index contributed by atoms with van der Waals surface area (Å²) in [7, 11) is 0. The zero-order valence-electron chi connectivity index (χ0n) is 9.52. The third kappa shape index (κ3) is 4.18. The number of aliphatic carboxylic acids is 1. The molecule has 1 atom stereocenters. The van der Waals surface area contributed by atoms with Crippen molar-refractivity contribution in [1.82, 2.24) is 4.90 Å². The van der Waals surface area contributed by atoms with Crippen LogP contribution in [0.25, 0.3) is 0 Å². The molecule has 1 aliphatic heterocycles. The van der Waals surface area contributed by atoms with Crippen molar-refractivity contribution in [2.75, 3.05) is 13.1 Å². The van der Waals surface area contributed by atoms with Crippen molar-refractivity contribution in [2.45, 2.75) is 44.6 Å². The molecule has 5 heteroatoms. The molecule has 92 valence electrons. The minimum atomic E-state index is -0.844. The number of likely N-dealkylation sites (tertiary alicyclic amines) is 1. The van der Waals surface area contributed by atoms with E-state index in [0.717, 1.165) is 25.9 Å². The topological polar surface area (TPSA) is 83.6 Å². The Bertz CT molecular complexity index is 248. The SMILES string of the molecule is NC(=O)CCC(C(=O)O)N1CCCCCC1. The molecule has 1 saturated heterocycles. The summed E-state index contributed by atoms with van der Waals surface area (Å²) in [6.07, 6.45) is 4.89. The van der Waals surface area contributed by atoms with Crippen LogP contribution in [0.1, 0.15) is 38.5 Å². The molecule has 0 radical (unpaired) electrons. The van der Waals surface area contributed by atoms with Crippen molar-refractivity contribution < 1.29 is 14.7 Å². The third-order valence-electron chi connectivity index (χ3n) is 3.03. The first-order valence-corrected chi connectivity index (χ1v) is 5.86. The predicted octanol–water partition coefficient (Wildman–Crippen LogP) is 0.581. The molecule has 0 bridgehead atoms. The van der Waals surface area contributed by atoms with Gasteiger partial charge in [-0.1, -0.05) is 12.8 Å². The van der Waals surface area contributed by atoms with E-state index in [1.807, 2.05) is 4.90 Å². The monoisotopic (exact) mass is 228 g/mol. The number of nitrogens with zero attached hydrogens (tertiary/aromatic N) is 1. The smallest absolute Gasteiger partial charge is 0.320 e. The molecule has 1 unspecified atom stereocenters. The Morgan fingerprint density at radius 1 is 1.19 bits per heavy atom. The standard InChI is InChI=1S/C11H20N2O3/c12-10(14)6-5-9(11(15)16)13-7-3-1-2-4-8-13/h9H,1-8H2,(H2,12,14)(H,15,16). The number of carbonyl (C=O) groups is 2. The number of carbonyl (C=O) groups excluding carboxylic acids is 1. The Labute approximate surface area is 95.6 Å². The highest BCUT2D eigenvalue weighted by atomic mass is 16.4. The largest absolute Gasteiger partial charge is 0.480 e. The summed E-state index contributed by atoms with van der Waals surface area (Å²) >= 11 is 0. The Morgan fingerprint density at radius 3 is 2.19 bits per heavy atom. The summed E-state index contributed by atoms with van der Waals surface area (Å²) in [5.41, 5.74) is 5.05. The lowest BCUT2D eigenvalue weighted by Gasteiger charge is -2.26. The number of rotatable bonds is 5. The molecule has 3 N–H and O–H groups in total. The van der Waals surface area contributed by atoms with Gasteiger partial charge in [0.2, 0.25) is 5.91 Å². The van der Waals surface area contributed by atoms with Gasteiger partial charge < -0.3 is 10.8 Å². The van der Waals surface area contributed by atoms with Crippen LogP contribution in [-0.4, -0.2) is 41.0 Å².